The van der Waals surface area contributed by atoms with Gasteiger partial charge in [-0.1, -0.05) is 18.2 Å². The zero-order chi connectivity index (χ0) is 20.2. The van der Waals surface area contributed by atoms with Crippen molar-refractivity contribution in [3.63, 3.8) is 0 Å². The molecule has 4 rings (SSSR count). The van der Waals surface area contributed by atoms with E-state index in [1.54, 1.807) is 13.3 Å². The maximum Gasteiger partial charge on any atom is 0.255 e. The fraction of sp³-hybridized carbons (Fsp3) is 0.227. The van der Waals surface area contributed by atoms with Gasteiger partial charge in [-0.3, -0.25) is 9.48 Å². The van der Waals surface area contributed by atoms with E-state index in [2.05, 4.69) is 15.0 Å². The topological polar surface area (TPSA) is 74.0 Å². The zero-order valence-electron chi connectivity index (χ0n) is 16.5. The van der Waals surface area contributed by atoms with Gasteiger partial charge in [-0.25, -0.2) is 4.98 Å². The fourth-order valence-electron chi connectivity index (χ4n) is 3.38. The molecule has 1 amide bonds. The van der Waals surface area contributed by atoms with Crippen molar-refractivity contribution in [3.8, 4) is 0 Å². The Kier molecular flexibility index (Phi) is 5.39. The van der Waals surface area contributed by atoms with Crippen LogP contribution < -0.4 is 5.32 Å². The average Bonchev–Trinajstić information content (AvgIpc) is 3.34. The molecule has 0 aliphatic heterocycles. The third-order valence-electron chi connectivity index (χ3n) is 4.86. The smallest absolute Gasteiger partial charge is 0.255 e. The summed E-state index contributed by atoms with van der Waals surface area (Å²) in [5, 5.41) is 7.26. The van der Waals surface area contributed by atoms with Gasteiger partial charge in [0.15, 0.2) is 0 Å². The predicted octanol–water partition coefficient (Wildman–Crippen LogP) is 3.49. The Morgan fingerprint density at radius 1 is 1.17 bits per heavy atom. The van der Waals surface area contributed by atoms with E-state index in [1.165, 1.54) is 0 Å². The van der Waals surface area contributed by atoms with Crippen molar-refractivity contribution >= 4 is 22.6 Å². The number of anilines is 1. The molecule has 0 fully saturated rings. The third-order valence-corrected chi connectivity index (χ3v) is 4.86. The minimum Gasteiger partial charge on any atom is -0.383 e. The van der Waals surface area contributed by atoms with Gasteiger partial charge in [0.1, 0.15) is 5.82 Å². The Balaban J connectivity index is 1.64. The molecule has 0 saturated heterocycles. The molecule has 0 saturated carbocycles. The normalized spacial score (nSPS) is 11.1. The van der Waals surface area contributed by atoms with Crippen LogP contribution in [0.5, 0.6) is 0 Å². The van der Waals surface area contributed by atoms with Crippen molar-refractivity contribution in [2.24, 2.45) is 0 Å². The molecule has 7 heteroatoms. The Hall–Kier alpha value is -3.45. The van der Waals surface area contributed by atoms with E-state index in [0.29, 0.717) is 30.9 Å². The second-order valence-electron chi connectivity index (χ2n) is 6.85. The summed E-state index contributed by atoms with van der Waals surface area (Å²) in [6.07, 6.45) is 3.66. The summed E-state index contributed by atoms with van der Waals surface area (Å²) in [6, 6.07) is 15.2. The molecule has 0 aliphatic carbocycles. The minimum absolute atomic E-state index is 0.127. The standard InChI is InChI=1S/C22H23N5O2/c1-16-6-3-4-7-18(16)22(28)24-17-8-9-20-19(14-17)25-21(27(20)12-13-29-2)15-26-11-5-10-23-26/h3-11,14H,12-13,15H2,1-2H3,(H,24,28). The third kappa shape index (κ3) is 4.05. The SMILES string of the molecule is COCCn1c(Cn2cccn2)nc2cc(NC(=O)c3ccccc3C)ccc21. The number of amides is 1. The number of nitrogens with zero attached hydrogens (tertiary/aromatic N) is 4. The van der Waals surface area contributed by atoms with Crippen molar-refractivity contribution in [1.29, 1.82) is 0 Å². The van der Waals surface area contributed by atoms with Crippen LogP contribution in [0.3, 0.4) is 0 Å². The molecule has 0 spiro atoms. The molecule has 7 nitrogen and oxygen atoms in total. The van der Waals surface area contributed by atoms with E-state index in [0.717, 1.165) is 22.4 Å². The molecule has 2 heterocycles. The quantitative estimate of drug-likeness (QED) is 0.525. The van der Waals surface area contributed by atoms with Gasteiger partial charge >= 0.3 is 0 Å². The average molecular weight is 389 g/mol. The molecule has 0 unspecified atom stereocenters. The van der Waals surface area contributed by atoms with Gasteiger partial charge in [0.2, 0.25) is 0 Å². The number of aryl methyl sites for hydroxylation is 1. The molecule has 0 radical (unpaired) electrons. The summed E-state index contributed by atoms with van der Waals surface area (Å²) < 4.78 is 9.23. The van der Waals surface area contributed by atoms with Crippen molar-refractivity contribution in [1.82, 2.24) is 19.3 Å². The number of methoxy groups -OCH3 is 1. The highest BCUT2D eigenvalue weighted by molar-refractivity contribution is 6.05. The number of rotatable bonds is 7. The highest BCUT2D eigenvalue weighted by Crippen LogP contribution is 2.22. The number of hydrogen-bond donors (Lipinski definition) is 1. The van der Waals surface area contributed by atoms with Gasteiger partial charge in [0.25, 0.3) is 5.91 Å². The molecule has 1 N–H and O–H groups in total. The lowest BCUT2D eigenvalue weighted by atomic mass is 10.1. The van der Waals surface area contributed by atoms with Crippen molar-refractivity contribution in [2.75, 3.05) is 19.0 Å². The predicted molar refractivity (Wildman–Crippen MR) is 112 cm³/mol. The van der Waals surface area contributed by atoms with Gasteiger partial charge in [0.05, 0.1) is 24.2 Å². The first-order chi connectivity index (χ1) is 14.2. The maximum absolute atomic E-state index is 12.6. The molecular weight excluding hydrogens is 366 g/mol. The highest BCUT2D eigenvalue weighted by atomic mass is 16.5. The molecule has 0 bridgehead atoms. The lowest BCUT2D eigenvalue weighted by molar-refractivity contribution is 0.102. The molecule has 0 atom stereocenters. The van der Waals surface area contributed by atoms with Gasteiger partial charge in [-0.15, -0.1) is 0 Å². The van der Waals surface area contributed by atoms with Crippen LogP contribution >= 0.6 is 0 Å². The van der Waals surface area contributed by atoms with Crippen LogP contribution in [0.15, 0.2) is 60.9 Å². The summed E-state index contributed by atoms with van der Waals surface area (Å²) in [5.74, 6) is 0.765. The molecule has 4 aromatic rings. The highest BCUT2D eigenvalue weighted by Gasteiger charge is 2.14. The molecule has 0 aliphatic rings. The minimum atomic E-state index is -0.127. The first kappa shape index (κ1) is 18.9. The van der Waals surface area contributed by atoms with Crippen molar-refractivity contribution in [3.05, 3.63) is 77.9 Å². The van der Waals surface area contributed by atoms with Gasteiger partial charge in [-0.2, -0.15) is 5.10 Å². The van der Waals surface area contributed by atoms with Gasteiger partial charge in [-0.05, 0) is 42.8 Å². The van der Waals surface area contributed by atoms with Crippen LogP contribution in [0.1, 0.15) is 21.7 Å². The van der Waals surface area contributed by atoms with Gasteiger partial charge < -0.3 is 14.6 Å². The number of nitrogens with one attached hydrogen (secondary N) is 1. The summed E-state index contributed by atoms with van der Waals surface area (Å²) in [4.78, 5) is 17.4. The number of imidazole rings is 1. The Bertz CT molecular complexity index is 1130. The first-order valence-corrected chi connectivity index (χ1v) is 9.48. The second kappa shape index (κ2) is 8.28. The number of aromatic nitrogens is 4. The summed E-state index contributed by atoms with van der Waals surface area (Å²) in [7, 11) is 1.69. The van der Waals surface area contributed by atoms with Gasteiger partial charge in [0, 0.05) is 37.3 Å². The number of ether oxygens (including phenoxy) is 1. The largest absolute Gasteiger partial charge is 0.383 e. The van der Waals surface area contributed by atoms with Crippen LogP contribution in [-0.2, 0) is 17.8 Å². The van der Waals surface area contributed by atoms with E-state index in [4.69, 9.17) is 9.72 Å². The number of hydrogen-bond acceptors (Lipinski definition) is 4. The monoisotopic (exact) mass is 389 g/mol. The number of carbonyl (C=O) groups excluding carboxylic acids is 1. The van der Waals surface area contributed by atoms with Crippen LogP contribution in [0.4, 0.5) is 5.69 Å². The van der Waals surface area contributed by atoms with E-state index >= 15 is 0 Å². The van der Waals surface area contributed by atoms with E-state index in [-0.39, 0.29) is 5.91 Å². The summed E-state index contributed by atoms with van der Waals surface area (Å²) in [5.41, 5.74) is 4.14. The van der Waals surface area contributed by atoms with Crippen LogP contribution in [-0.4, -0.2) is 39.0 Å². The lowest BCUT2D eigenvalue weighted by Crippen LogP contribution is -2.13. The molecular formula is C22H23N5O2. The summed E-state index contributed by atoms with van der Waals surface area (Å²) >= 11 is 0. The van der Waals surface area contributed by atoms with Crippen molar-refractivity contribution < 1.29 is 9.53 Å². The number of carbonyl (C=O) groups is 1. The Morgan fingerprint density at radius 2 is 2.03 bits per heavy atom. The molecule has 148 valence electrons. The number of benzene rings is 2. The maximum atomic E-state index is 12.6. The first-order valence-electron chi connectivity index (χ1n) is 9.48. The van der Waals surface area contributed by atoms with Crippen LogP contribution in [0.2, 0.25) is 0 Å². The molecule has 2 aromatic heterocycles. The summed E-state index contributed by atoms with van der Waals surface area (Å²) in [6.45, 7) is 3.77. The lowest BCUT2D eigenvalue weighted by Gasteiger charge is -2.10. The molecule has 29 heavy (non-hydrogen) atoms. The van der Waals surface area contributed by atoms with E-state index in [9.17, 15) is 4.79 Å². The number of fused-ring (bicyclic) bond motifs is 1. The van der Waals surface area contributed by atoms with E-state index in [1.807, 2.05) is 66.3 Å². The fourth-order valence-corrected chi connectivity index (χ4v) is 3.38. The Morgan fingerprint density at radius 3 is 2.79 bits per heavy atom. The second-order valence-corrected chi connectivity index (χ2v) is 6.85. The zero-order valence-corrected chi connectivity index (χ0v) is 16.5. The Labute approximate surface area is 168 Å². The molecule has 2 aromatic carbocycles. The van der Waals surface area contributed by atoms with Crippen LogP contribution in [0.25, 0.3) is 11.0 Å². The van der Waals surface area contributed by atoms with E-state index < -0.39 is 0 Å². The van der Waals surface area contributed by atoms with Crippen molar-refractivity contribution in [2.45, 2.75) is 20.0 Å². The van der Waals surface area contributed by atoms with Crippen LogP contribution in [0, 0.1) is 6.92 Å².